The zero-order valence-electron chi connectivity index (χ0n) is 12.5. The molecule has 0 bridgehead atoms. The number of ketones is 1. The summed E-state index contributed by atoms with van der Waals surface area (Å²) in [6.07, 6.45) is 1.04. The van der Waals surface area contributed by atoms with Crippen LogP contribution in [0, 0.1) is 0 Å². The molecule has 1 fully saturated rings. The molecule has 3 nitrogen and oxygen atoms in total. The lowest BCUT2D eigenvalue weighted by molar-refractivity contribution is -0.0886. The van der Waals surface area contributed by atoms with Gasteiger partial charge in [0.2, 0.25) is 0 Å². The average Bonchev–Trinajstić information content (AvgIpc) is 2.84. The number of carbonyl (C=O) groups is 1. The third-order valence-electron chi connectivity index (χ3n) is 4.16. The zero-order chi connectivity index (χ0) is 15.6. The summed E-state index contributed by atoms with van der Waals surface area (Å²) in [5, 5.41) is 4.35. The maximum absolute atomic E-state index is 12.8. The quantitative estimate of drug-likeness (QED) is 0.779. The van der Waals surface area contributed by atoms with Gasteiger partial charge in [-0.2, -0.15) is 18.3 Å². The van der Waals surface area contributed by atoms with Crippen molar-refractivity contribution in [1.82, 2.24) is 9.78 Å². The first-order chi connectivity index (χ1) is 9.90. The SMILES string of the molecule is CCc1nn(C2CCCCC2)c(CC)c1C(=O)C(F)(F)F. The Hall–Kier alpha value is -1.33. The van der Waals surface area contributed by atoms with Crippen LogP contribution in [0.4, 0.5) is 13.2 Å². The molecule has 0 radical (unpaired) electrons. The van der Waals surface area contributed by atoms with Gasteiger partial charge in [-0.05, 0) is 25.7 Å². The smallest absolute Gasteiger partial charge is 0.284 e. The fourth-order valence-electron chi connectivity index (χ4n) is 3.14. The Balaban J connectivity index is 2.48. The van der Waals surface area contributed by atoms with Crippen molar-refractivity contribution < 1.29 is 18.0 Å². The minimum atomic E-state index is -4.84. The first-order valence-corrected chi connectivity index (χ1v) is 7.61. The summed E-state index contributed by atoms with van der Waals surface area (Å²) >= 11 is 0. The number of halogens is 3. The number of aryl methyl sites for hydroxylation is 1. The van der Waals surface area contributed by atoms with E-state index < -0.39 is 12.0 Å². The van der Waals surface area contributed by atoms with Crippen LogP contribution < -0.4 is 0 Å². The highest BCUT2D eigenvalue weighted by Gasteiger charge is 2.43. The molecule has 0 aromatic carbocycles. The minimum absolute atomic E-state index is 0.133. The molecule has 1 aromatic heterocycles. The van der Waals surface area contributed by atoms with E-state index in [2.05, 4.69) is 5.10 Å². The largest absolute Gasteiger partial charge is 0.455 e. The van der Waals surface area contributed by atoms with E-state index in [4.69, 9.17) is 0 Å². The van der Waals surface area contributed by atoms with E-state index in [1.165, 1.54) is 0 Å². The monoisotopic (exact) mass is 302 g/mol. The highest BCUT2D eigenvalue weighted by molar-refractivity contribution is 6.02. The van der Waals surface area contributed by atoms with E-state index in [0.717, 1.165) is 32.1 Å². The van der Waals surface area contributed by atoms with Gasteiger partial charge in [-0.3, -0.25) is 9.48 Å². The van der Waals surface area contributed by atoms with Crippen LogP contribution in [-0.4, -0.2) is 21.7 Å². The van der Waals surface area contributed by atoms with E-state index in [1.54, 1.807) is 18.5 Å². The molecule has 1 saturated carbocycles. The second-order valence-electron chi connectivity index (χ2n) is 5.54. The molecule has 0 aliphatic heterocycles. The number of Topliss-reactive ketones (excluding diaryl/α,β-unsaturated/α-hetero) is 1. The van der Waals surface area contributed by atoms with Crippen molar-refractivity contribution in [3.63, 3.8) is 0 Å². The topological polar surface area (TPSA) is 34.9 Å². The molecule has 1 heterocycles. The van der Waals surface area contributed by atoms with Crippen LogP contribution in [0.25, 0.3) is 0 Å². The van der Waals surface area contributed by atoms with Gasteiger partial charge in [0.05, 0.1) is 17.3 Å². The second kappa shape index (κ2) is 6.20. The molecular weight excluding hydrogens is 281 g/mol. The predicted octanol–water partition coefficient (Wildman–Crippen LogP) is 4.26. The van der Waals surface area contributed by atoms with Crippen molar-refractivity contribution in [2.45, 2.75) is 71.0 Å². The summed E-state index contributed by atoms with van der Waals surface area (Å²) in [6.45, 7) is 3.52. The van der Waals surface area contributed by atoms with Crippen LogP contribution >= 0.6 is 0 Å². The van der Waals surface area contributed by atoms with Gasteiger partial charge in [0.1, 0.15) is 0 Å². The van der Waals surface area contributed by atoms with E-state index in [0.29, 0.717) is 18.5 Å². The van der Waals surface area contributed by atoms with E-state index in [-0.39, 0.29) is 17.3 Å². The van der Waals surface area contributed by atoms with Gasteiger partial charge < -0.3 is 0 Å². The predicted molar refractivity (Wildman–Crippen MR) is 73.5 cm³/mol. The normalized spacial score (nSPS) is 17.2. The standard InChI is InChI=1S/C15H21F3N2O/c1-3-11-13(14(21)15(16,17)18)12(4-2)20(19-11)10-8-6-5-7-9-10/h10H,3-9H2,1-2H3. The Morgan fingerprint density at radius 3 is 2.29 bits per heavy atom. The molecule has 1 aromatic rings. The van der Waals surface area contributed by atoms with E-state index >= 15 is 0 Å². The van der Waals surface area contributed by atoms with Crippen molar-refractivity contribution in [3.05, 3.63) is 17.0 Å². The third-order valence-corrected chi connectivity index (χ3v) is 4.16. The van der Waals surface area contributed by atoms with Crippen LogP contribution in [0.1, 0.15) is 73.7 Å². The van der Waals surface area contributed by atoms with Crippen LogP contribution in [0.3, 0.4) is 0 Å². The van der Waals surface area contributed by atoms with Crippen molar-refractivity contribution in [2.75, 3.05) is 0 Å². The van der Waals surface area contributed by atoms with Crippen molar-refractivity contribution in [2.24, 2.45) is 0 Å². The molecule has 2 rings (SSSR count). The lowest BCUT2D eigenvalue weighted by Crippen LogP contribution is -2.25. The Bertz CT molecular complexity index is 514. The fraction of sp³-hybridized carbons (Fsp3) is 0.733. The van der Waals surface area contributed by atoms with Crippen molar-refractivity contribution >= 4 is 5.78 Å². The molecule has 1 aliphatic rings. The zero-order valence-corrected chi connectivity index (χ0v) is 12.5. The highest BCUT2D eigenvalue weighted by atomic mass is 19.4. The molecule has 1 aliphatic carbocycles. The summed E-state index contributed by atoms with van der Waals surface area (Å²) in [5.41, 5.74) is 0.513. The average molecular weight is 302 g/mol. The molecule has 0 atom stereocenters. The number of hydrogen-bond acceptors (Lipinski definition) is 2. The molecule has 0 amide bonds. The lowest BCUT2D eigenvalue weighted by Gasteiger charge is -2.24. The number of rotatable bonds is 4. The Morgan fingerprint density at radius 1 is 1.19 bits per heavy atom. The molecule has 0 unspecified atom stereocenters. The van der Waals surface area contributed by atoms with E-state index in [9.17, 15) is 18.0 Å². The summed E-state index contributed by atoms with van der Waals surface area (Å²) in [4.78, 5) is 11.7. The number of alkyl halides is 3. The molecular formula is C15H21F3N2O. The molecule has 0 spiro atoms. The minimum Gasteiger partial charge on any atom is -0.284 e. The highest BCUT2D eigenvalue weighted by Crippen LogP contribution is 2.33. The van der Waals surface area contributed by atoms with Gasteiger partial charge in [-0.1, -0.05) is 33.1 Å². The third kappa shape index (κ3) is 3.14. The van der Waals surface area contributed by atoms with Crippen molar-refractivity contribution in [1.29, 1.82) is 0 Å². The number of carbonyl (C=O) groups excluding carboxylic acids is 1. The lowest BCUT2D eigenvalue weighted by atomic mass is 9.95. The van der Waals surface area contributed by atoms with Gasteiger partial charge in [0.25, 0.3) is 5.78 Å². The number of nitrogens with zero attached hydrogens (tertiary/aromatic N) is 2. The van der Waals surface area contributed by atoms with Crippen LogP contribution in [-0.2, 0) is 12.8 Å². The summed E-state index contributed by atoms with van der Waals surface area (Å²) < 4.78 is 40.2. The van der Waals surface area contributed by atoms with Gasteiger partial charge in [-0.15, -0.1) is 0 Å². The first kappa shape index (κ1) is 16.0. The molecule has 6 heteroatoms. The van der Waals surface area contributed by atoms with Gasteiger partial charge >= 0.3 is 6.18 Å². The van der Waals surface area contributed by atoms with Gasteiger partial charge in [0.15, 0.2) is 0 Å². The number of aromatic nitrogens is 2. The van der Waals surface area contributed by atoms with Crippen LogP contribution in [0.15, 0.2) is 0 Å². The second-order valence-corrected chi connectivity index (χ2v) is 5.54. The maximum atomic E-state index is 12.8. The Kier molecular flexibility index (Phi) is 4.74. The molecule has 0 saturated heterocycles. The van der Waals surface area contributed by atoms with Crippen molar-refractivity contribution in [3.8, 4) is 0 Å². The summed E-state index contributed by atoms with van der Waals surface area (Å²) in [7, 11) is 0. The maximum Gasteiger partial charge on any atom is 0.455 e. The van der Waals surface area contributed by atoms with E-state index in [1.807, 2.05) is 0 Å². The number of hydrogen-bond donors (Lipinski definition) is 0. The Morgan fingerprint density at radius 2 is 1.81 bits per heavy atom. The van der Waals surface area contributed by atoms with Crippen LogP contribution in [0.2, 0.25) is 0 Å². The fourth-order valence-corrected chi connectivity index (χ4v) is 3.14. The van der Waals surface area contributed by atoms with Gasteiger partial charge in [0, 0.05) is 5.69 Å². The Labute approximate surface area is 122 Å². The van der Waals surface area contributed by atoms with Crippen LogP contribution in [0.5, 0.6) is 0 Å². The molecule has 118 valence electrons. The summed E-state index contributed by atoms with van der Waals surface area (Å²) in [5.74, 6) is -1.75. The molecule has 0 N–H and O–H groups in total. The first-order valence-electron chi connectivity index (χ1n) is 7.61. The summed E-state index contributed by atoms with van der Waals surface area (Å²) in [6, 6.07) is 0.133. The van der Waals surface area contributed by atoms with Gasteiger partial charge in [-0.25, -0.2) is 0 Å². The molecule has 21 heavy (non-hydrogen) atoms.